The van der Waals surface area contributed by atoms with Crippen molar-refractivity contribution in [1.82, 2.24) is 10.2 Å². The highest BCUT2D eigenvalue weighted by molar-refractivity contribution is 5.28. The second kappa shape index (κ2) is 3.40. The van der Waals surface area contributed by atoms with Crippen molar-refractivity contribution in [2.75, 3.05) is 5.73 Å². The van der Waals surface area contributed by atoms with Gasteiger partial charge in [0.25, 0.3) is 0 Å². The summed E-state index contributed by atoms with van der Waals surface area (Å²) in [6.45, 7) is 8.99. The molecule has 3 N–H and O–H groups in total. The molecule has 13 heavy (non-hydrogen) atoms. The Morgan fingerprint density at radius 2 is 2.15 bits per heavy atom. The Labute approximate surface area is 79.7 Å². The zero-order valence-electron chi connectivity index (χ0n) is 8.89. The smallest absolute Gasteiger partial charge is 0.145 e. The molecule has 0 amide bonds. The number of hydrogen-bond acceptors (Lipinski definition) is 2. The Morgan fingerprint density at radius 3 is 2.54 bits per heavy atom. The molecule has 1 heterocycles. The van der Waals surface area contributed by atoms with Crippen LogP contribution in [0, 0.1) is 11.3 Å². The SMILES string of the molecule is C[C@@H](Cc1cc(N)n[nH]1)C(C)(C)C. The van der Waals surface area contributed by atoms with E-state index in [1.807, 2.05) is 6.07 Å². The number of nitrogens with zero attached hydrogens (tertiary/aromatic N) is 1. The van der Waals surface area contributed by atoms with Gasteiger partial charge in [-0.05, 0) is 17.8 Å². The van der Waals surface area contributed by atoms with Crippen LogP contribution in [0.5, 0.6) is 0 Å². The van der Waals surface area contributed by atoms with Gasteiger partial charge in [-0.25, -0.2) is 0 Å². The lowest BCUT2D eigenvalue weighted by Gasteiger charge is -2.26. The molecule has 0 saturated carbocycles. The number of H-pyrrole nitrogens is 1. The standard InChI is InChI=1S/C10H19N3/c1-7(10(2,3)4)5-8-6-9(11)13-12-8/h6-7H,5H2,1-4H3,(H3,11,12,13)/t7-/m0/s1. The van der Waals surface area contributed by atoms with Crippen LogP contribution in [-0.2, 0) is 6.42 Å². The van der Waals surface area contributed by atoms with Crippen LogP contribution in [0.3, 0.4) is 0 Å². The van der Waals surface area contributed by atoms with Crippen LogP contribution in [0.1, 0.15) is 33.4 Å². The second-order valence-corrected chi connectivity index (χ2v) is 4.79. The van der Waals surface area contributed by atoms with Gasteiger partial charge in [-0.15, -0.1) is 0 Å². The van der Waals surface area contributed by atoms with E-state index in [1.54, 1.807) is 0 Å². The van der Waals surface area contributed by atoms with E-state index in [-0.39, 0.29) is 0 Å². The zero-order chi connectivity index (χ0) is 10.1. The highest BCUT2D eigenvalue weighted by Gasteiger charge is 2.20. The molecule has 0 aliphatic rings. The van der Waals surface area contributed by atoms with Gasteiger partial charge in [-0.3, -0.25) is 5.10 Å². The van der Waals surface area contributed by atoms with Crippen LogP contribution in [0.2, 0.25) is 0 Å². The molecule has 0 spiro atoms. The number of rotatable bonds is 2. The molecule has 1 rings (SSSR count). The fraction of sp³-hybridized carbons (Fsp3) is 0.700. The number of nitrogens with one attached hydrogen (secondary N) is 1. The van der Waals surface area contributed by atoms with E-state index in [0.29, 0.717) is 17.2 Å². The van der Waals surface area contributed by atoms with Gasteiger partial charge in [0.05, 0.1) is 0 Å². The Morgan fingerprint density at radius 1 is 1.54 bits per heavy atom. The number of hydrogen-bond donors (Lipinski definition) is 2. The van der Waals surface area contributed by atoms with Crippen LogP contribution >= 0.6 is 0 Å². The summed E-state index contributed by atoms with van der Waals surface area (Å²) < 4.78 is 0. The average Bonchev–Trinajstić information content (AvgIpc) is 2.33. The van der Waals surface area contributed by atoms with E-state index >= 15 is 0 Å². The van der Waals surface area contributed by atoms with Crippen molar-refractivity contribution < 1.29 is 0 Å². The summed E-state index contributed by atoms with van der Waals surface area (Å²) in [6.07, 6.45) is 1.01. The summed E-state index contributed by atoms with van der Waals surface area (Å²) in [7, 11) is 0. The van der Waals surface area contributed by atoms with E-state index in [2.05, 4.69) is 37.9 Å². The first-order chi connectivity index (χ1) is 5.89. The first kappa shape index (κ1) is 10.1. The monoisotopic (exact) mass is 181 g/mol. The molecular weight excluding hydrogens is 162 g/mol. The molecule has 1 atom stereocenters. The van der Waals surface area contributed by atoms with Crippen LogP contribution in [0.4, 0.5) is 5.82 Å². The lowest BCUT2D eigenvalue weighted by atomic mass is 9.79. The number of nitrogens with two attached hydrogens (primary N) is 1. The van der Waals surface area contributed by atoms with Gasteiger partial charge in [-0.2, -0.15) is 5.10 Å². The van der Waals surface area contributed by atoms with Gasteiger partial charge in [0, 0.05) is 11.8 Å². The van der Waals surface area contributed by atoms with Gasteiger partial charge in [0.2, 0.25) is 0 Å². The molecular formula is C10H19N3. The van der Waals surface area contributed by atoms with E-state index in [4.69, 9.17) is 5.73 Å². The summed E-state index contributed by atoms with van der Waals surface area (Å²) >= 11 is 0. The quantitative estimate of drug-likeness (QED) is 0.735. The first-order valence-corrected chi connectivity index (χ1v) is 4.69. The Kier molecular flexibility index (Phi) is 2.64. The highest BCUT2D eigenvalue weighted by Crippen LogP contribution is 2.28. The maximum atomic E-state index is 5.52. The van der Waals surface area contributed by atoms with Crippen molar-refractivity contribution in [3.05, 3.63) is 11.8 Å². The Hall–Kier alpha value is -0.990. The molecule has 1 aromatic rings. The molecule has 1 aromatic heterocycles. The predicted molar refractivity (Wildman–Crippen MR) is 55.3 cm³/mol. The van der Waals surface area contributed by atoms with E-state index in [0.717, 1.165) is 12.1 Å². The van der Waals surface area contributed by atoms with Crippen LogP contribution in [0.15, 0.2) is 6.07 Å². The van der Waals surface area contributed by atoms with Crippen molar-refractivity contribution >= 4 is 5.82 Å². The largest absolute Gasteiger partial charge is 0.382 e. The highest BCUT2D eigenvalue weighted by atomic mass is 15.1. The van der Waals surface area contributed by atoms with Crippen LogP contribution in [-0.4, -0.2) is 10.2 Å². The Bertz CT molecular complexity index is 270. The fourth-order valence-corrected chi connectivity index (χ4v) is 1.12. The summed E-state index contributed by atoms with van der Waals surface area (Å²) in [6, 6.07) is 1.90. The summed E-state index contributed by atoms with van der Waals surface area (Å²) in [5.74, 6) is 1.20. The van der Waals surface area contributed by atoms with Crippen LogP contribution < -0.4 is 5.73 Å². The third-order valence-corrected chi connectivity index (χ3v) is 2.66. The molecule has 3 heteroatoms. The second-order valence-electron chi connectivity index (χ2n) is 4.79. The van der Waals surface area contributed by atoms with Gasteiger partial charge < -0.3 is 5.73 Å². The fourth-order valence-electron chi connectivity index (χ4n) is 1.12. The van der Waals surface area contributed by atoms with Crippen molar-refractivity contribution in [1.29, 1.82) is 0 Å². The predicted octanol–water partition coefficient (Wildman–Crippen LogP) is 2.22. The molecule has 0 unspecified atom stereocenters. The van der Waals surface area contributed by atoms with Crippen molar-refractivity contribution in [3.8, 4) is 0 Å². The molecule has 0 aliphatic heterocycles. The average molecular weight is 181 g/mol. The third-order valence-electron chi connectivity index (χ3n) is 2.66. The van der Waals surface area contributed by atoms with Crippen LogP contribution in [0.25, 0.3) is 0 Å². The zero-order valence-corrected chi connectivity index (χ0v) is 8.89. The van der Waals surface area contributed by atoms with Gasteiger partial charge in [-0.1, -0.05) is 27.7 Å². The van der Waals surface area contributed by atoms with Crippen molar-refractivity contribution in [3.63, 3.8) is 0 Å². The lowest BCUT2D eigenvalue weighted by Crippen LogP contribution is -2.19. The lowest BCUT2D eigenvalue weighted by molar-refractivity contribution is 0.258. The molecule has 0 saturated heterocycles. The molecule has 0 radical (unpaired) electrons. The van der Waals surface area contributed by atoms with Crippen molar-refractivity contribution in [2.24, 2.45) is 11.3 Å². The molecule has 0 aliphatic carbocycles. The molecule has 0 fully saturated rings. The molecule has 74 valence electrons. The van der Waals surface area contributed by atoms with E-state index < -0.39 is 0 Å². The summed E-state index contributed by atoms with van der Waals surface area (Å²) in [5, 5.41) is 6.84. The number of aromatic amines is 1. The molecule has 0 aromatic carbocycles. The van der Waals surface area contributed by atoms with Gasteiger partial charge >= 0.3 is 0 Å². The number of nitrogen functional groups attached to an aromatic ring is 1. The maximum Gasteiger partial charge on any atom is 0.145 e. The van der Waals surface area contributed by atoms with Crippen molar-refractivity contribution in [2.45, 2.75) is 34.1 Å². The minimum absolute atomic E-state index is 0.333. The van der Waals surface area contributed by atoms with Gasteiger partial charge in [0.1, 0.15) is 5.82 Å². The summed E-state index contributed by atoms with van der Waals surface area (Å²) in [5.41, 5.74) is 6.98. The minimum Gasteiger partial charge on any atom is -0.382 e. The van der Waals surface area contributed by atoms with E-state index in [9.17, 15) is 0 Å². The topological polar surface area (TPSA) is 54.7 Å². The summed E-state index contributed by atoms with van der Waals surface area (Å²) in [4.78, 5) is 0. The number of aromatic nitrogens is 2. The maximum absolute atomic E-state index is 5.52. The number of anilines is 1. The van der Waals surface area contributed by atoms with E-state index in [1.165, 1.54) is 0 Å². The first-order valence-electron chi connectivity index (χ1n) is 4.69. The minimum atomic E-state index is 0.333. The van der Waals surface area contributed by atoms with Gasteiger partial charge in [0.15, 0.2) is 0 Å². The molecule has 3 nitrogen and oxygen atoms in total. The third kappa shape index (κ3) is 2.76. The normalized spacial score (nSPS) is 14.5. The Balaban J connectivity index is 2.60. The molecule has 0 bridgehead atoms.